The fourth-order valence-electron chi connectivity index (χ4n) is 5.33. The minimum atomic E-state index is -0.528. The van der Waals surface area contributed by atoms with E-state index in [1.807, 2.05) is 0 Å². The van der Waals surface area contributed by atoms with Gasteiger partial charge < -0.3 is 14.0 Å². The summed E-state index contributed by atoms with van der Waals surface area (Å²) in [6.07, 6.45) is 10.9. The van der Waals surface area contributed by atoms with Gasteiger partial charge in [-0.15, -0.1) is 0 Å². The van der Waals surface area contributed by atoms with Crippen LogP contribution in [0.3, 0.4) is 0 Å². The van der Waals surface area contributed by atoms with Gasteiger partial charge in [0.25, 0.3) is 0 Å². The molecule has 0 saturated heterocycles. The van der Waals surface area contributed by atoms with Crippen LogP contribution in [-0.2, 0) is 16.7 Å². The van der Waals surface area contributed by atoms with E-state index >= 15 is 0 Å². The molecule has 2 fully saturated rings. The SMILES string of the molecule is CCOC(=O)c1cn2c(cc1=O)-c1cc(C)c(OCC3CC3)cc1CC21CCCCC1. The maximum Gasteiger partial charge on any atom is 0.343 e. The number of esters is 1. The van der Waals surface area contributed by atoms with E-state index in [1.54, 1.807) is 19.2 Å². The summed E-state index contributed by atoms with van der Waals surface area (Å²) in [4.78, 5) is 25.3. The Kier molecular flexibility index (Phi) is 5.15. The van der Waals surface area contributed by atoms with Crippen molar-refractivity contribution in [2.24, 2.45) is 5.92 Å². The Labute approximate surface area is 183 Å². The van der Waals surface area contributed by atoms with Crippen molar-refractivity contribution in [1.82, 2.24) is 4.57 Å². The van der Waals surface area contributed by atoms with Gasteiger partial charge >= 0.3 is 5.97 Å². The number of rotatable bonds is 5. The van der Waals surface area contributed by atoms with Crippen LogP contribution >= 0.6 is 0 Å². The zero-order valence-electron chi connectivity index (χ0n) is 18.5. The lowest BCUT2D eigenvalue weighted by Crippen LogP contribution is -2.42. The van der Waals surface area contributed by atoms with Crippen molar-refractivity contribution < 1.29 is 14.3 Å². The molecule has 2 saturated carbocycles. The van der Waals surface area contributed by atoms with Crippen LogP contribution in [0.5, 0.6) is 5.75 Å². The van der Waals surface area contributed by atoms with Crippen LogP contribution in [0.15, 0.2) is 29.2 Å². The Morgan fingerprint density at radius 3 is 2.65 bits per heavy atom. The molecule has 5 nitrogen and oxygen atoms in total. The largest absolute Gasteiger partial charge is 0.493 e. The van der Waals surface area contributed by atoms with Gasteiger partial charge in [0.2, 0.25) is 0 Å². The molecule has 0 N–H and O–H groups in total. The Hall–Kier alpha value is -2.56. The molecule has 2 heterocycles. The molecule has 3 aliphatic rings. The molecular weight excluding hydrogens is 390 g/mol. The number of benzene rings is 1. The monoisotopic (exact) mass is 421 g/mol. The molecule has 5 heteroatoms. The third-order valence-corrected chi connectivity index (χ3v) is 7.21. The number of aromatic nitrogens is 1. The molecule has 0 atom stereocenters. The molecule has 164 valence electrons. The summed E-state index contributed by atoms with van der Waals surface area (Å²) in [5.74, 6) is 1.15. The average Bonchev–Trinajstić information content (AvgIpc) is 3.58. The molecule has 2 aromatic rings. The van der Waals surface area contributed by atoms with Gasteiger partial charge in [0.1, 0.15) is 11.3 Å². The highest BCUT2D eigenvalue weighted by molar-refractivity contribution is 5.89. The summed E-state index contributed by atoms with van der Waals surface area (Å²) in [7, 11) is 0. The van der Waals surface area contributed by atoms with E-state index in [1.165, 1.54) is 24.8 Å². The van der Waals surface area contributed by atoms with Crippen LogP contribution in [0.4, 0.5) is 0 Å². The van der Waals surface area contributed by atoms with E-state index in [2.05, 4.69) is 23.6 Å². The molecule has 2 aliphatic carbocycles. The Bertz CT molecular complexity index is 1070. The smallest absolute Gasteiger partial charge is 0.343 e. The summed E-state index contributed by atoms with van der Waals surface area (Å²) in [6.45, 7) is 4.89. The van der Waals surface area contributed by atoms with Gasteiger partial charge in [0, 0.05) is 23.4 Å². The second-order valence-corrected chi connectivity index (χ2v) is 9.52. The fraction of sp³-hybridized carbons (Fsp3) is 0.538. The molecular formula is C26H31NO4. The lowest BCUT2D eigenvalue weighted by molar-refractivity contribution is 0.0522. The van der Waals surface area contributed by atoms with Crippen LogP contribution in [0.2, 0.25) is 0 Å². The first-order valence-electron chi connectivity index (χ1n) is 11.7. The second-order valence-electron chi connectivity index (χ2n) is 9.52. The second kappa shape index (κ2) is 7.85. The van der Waals surface area contributed by atoms with Gasteiger partial charge in [-0.25, -0.2) is 4.79 Å². The predicted octanol–water partition coefficient (Wildman–Crippen LogP) is 5.00. The van der Waals surface area contributed by atoms with Crippen molar-refractivity contribution in [3.63, 3.8) is 0 Å². The molecule has 0 unspecified atom stereocenters. The van der Waals surface area contributed by atoms with Crippen molar-refractivity contribution in [2.75, 3.05) is 13.2 Å². The van der Waals surface area contributed by atoms with Gasteiger partial charge in [-0.1, -0.05) is 19.3 Å². The van der Waals surface area contributed by atoms with Crippen LogP contribution < -0.4 is 10.2 Å². The highest BCUT2D eigenvalue weighted by Crippen LogP contribution is 2.47. The minimum absolute atomic E-state index is 0.0987. The Morgan fingerprint density at radius 1 is 1.16 bits per heavy atom. The van der Waals surface area contributed by atoms with Gasteiger partial charge in [-0.2, -0.15) is 0 Å². The number of pyridine rings is 1. The lowest BCUT2D eigenvalue weighted by atomic mass is 9.73. The molecule has 5 rings (SSSR count). The number of ether oxygens (including phenoxy) is 2. The van der Waals surface area contributed by atoms with E-state index in [0.29, 0.717) is 5.92 Å². The van der Waals surface area contributed by atoms with Crippen molar-refractivity contribution in [2.45, 2.75) is 70.8 Å². The van der Waals surface area contributed by atoms with Gasteiger partial charge in [-0.05, 0) is 75.1 Å². The summed E-state index contributed by atoms with van der Waals surface area (Å²) in [5, 5.41) is 0. The van der Waals surface area contributed by atoms with E-state index < -0.39 is 5.97 Å². The summed E-state index contributed by atoms with van der Waals surface area (Å²) in [5.41, 5.74) is 4.11. The Morgan fingerprint density at radius 2 is 1.94 bits per heavy atom. The molecule has 1 aliphatic heterocycles. The summed E-state index contributed by atoms with van der Waals surface area (Å²) in [6, 6.07) is 6.00. The number of hydrogen-bond acceptors (Lipinski definition) is 4. The number of carbonyl (C=O) groups excluding carboxylic acids is 1. The highest BCUT2D eigenvalue weighted by Gasteiger charge is 2.40. The predicted molar refractivity (Wildman–Crippen MR) is 120 cm³/mol. The number of aryl methyl sites for hydroxylation is 1. The average molecular weight is 422 g/mol. The molecule has 1 spiro atoms. The van der Waals surface area contributed by atoms with E-state index in [4.69, 9.17) is 9.47 Å². The molecule has 31 heavy (non-hydrogen) atoms. The van der Waals surface area contributed by atoms with E-state index in [0.717, 1.165) is 61.3 Å². The minimum Gasteiger partial charge on any atom is -0.493 e. The van der Waals surface area contributed by atoms with Crippen LogP contribution in [0.1, 0.15) is 73.4 Å². The number of carbonyl (C=O) groups is 1. The number of fused-ring (bicyclic) bond motifs is 4. The normalized spacial score (nSPS) is 18.9. The van der Waals surface area contributed by atoms with Crippen LogP contribution in [0.25, 0.3) is 11.3 Å². The first kappa shape index (κ1) is 20.3. The quantitative estimate of drug-likeness (QED) is 0.637. The highest BCUT2D eigenvalue weighted by atomic mass is 16.5. The van der Waals surface area contributed by atoms with Crippen molar-refractivity contribution in [3.05, 3.63) is 51.3 Å². The number of hydrogen-bond donors (Lipinski definition) is 0. The van der Waals surface area contributed by atoms with Crippen LogP contribution in [0, 0.1) is 12.8 Å². The molecule has 1 aromatic carbocycles. The standard InChI is InChI=1S/C26H31NO4/c1-3-30-25(29)21-15-27-22(13-23(21)28)20-11-17(2)24(31-16-18-7-8-18)12-19(20)14-26(27)9-5-4-6-10-26/h11-13,15,18H,3-10,14,16H2,1-2H3. The third kappa shape index (κ3) is 3.68. The summed E-state index contributed by atoms with van der Waals surface area (Å²) < 4.78 is 13.6. The zero-order valence-corrected chi connectivity index (χ0v) is 18.5. The first-order valence-corrected chi connectivity index (χ1v) is 11.7. The van der Waals surface area contributed by atoms with Gasteiger partial charge in [-0.3, -0.25) is 4.79 Å². The van der Waals surface area contributed by atoms with Crippen molar-refractivity contribution in [1.29, 1.82) is 0 Å². The molecule has 1 aromatic heterocycles. The third-order valence-electron chi connectivity index (χ3n) is 7.21. The van der Waals surface area contributed by atoms with E-state index in [9.17, 15) is 9.59 Å². The number of nitrogens with zero attached hydrogens (tertiary/aromatic N) is 1. The lowest BCUT2D eigenvalue weighted by Gasteiger charge is -2.45. The van der Waals surface area contributed by atoms with Gasteiger partial charge in [0.05, 0.1) is 18.9 Å². The topological polar surface area (TPSA) is 57.5 Å². The molecule has 0 bridgehead atoms. The van der Waals surface area contributed by atoms with Crippen LogP contribution in [-0.4, -0.2) is 23.8 Å². The van der Waals surface area contributed by atoms with Crippen molar-refractivity contribution in [3.8, 4) is 17.0 Å². The Balaban J connectivity index is 1.63. The maximum absolute atomic E-state index is 12.9. The van der Waals surface area contributed by atoms with Gasteiger partial charge in [0.15, 0.2) is 5.43 Å². The molecule has 0 radical (unpaired) electrons. The van der Waals surface area contributed by atoms with Crippen molar-refractivity contribution >= 4 is 5.97 Å². The van der Waals surface area contributed by atoms with E-state index in [-0.39, 0.29) is 23.1 Å². The maximum atomic E-state index is 12.9. The zero-order chi connectivity index (χ0) is 21.6. The first-order chi connectivity index (χ1) is 15.0. The fourth-order valence-corrected chi connectivity index (χ4v) is 5.33. The molecule has 0 amide bonds. The summed E-state index contributed by atoms with van der Waals surface area (Å²) >= 11 is 0.